The lowest BCUT2D eigenvalue weighted by atomic mass is 9.87. The van der Waals surface area contributed by atoms with Crippen molar-refractivity contribution >= 4 is 18.0 Å². The monoisotopic (exact) mass is 480 g/mol. The van der Waals surface area contributed by atoms with E-state index >= 15 is 0 Å². The third-order valence-corrected chi connectivity index (χ3v) is 6.98. The summed E-state index contributed by atoms with van der Waals surface area (Å²) in [6.45, 7) is 0.541. The Bertz CT molecular complexity index is 1020. The van der Waals surface area contributed by atoms with E-state index in [1.807, 2.05) is 48.5 Å². The topological polar surface area (TPSA) is 125 Å². The minimum atomic E-state index is -1.04. The Balaban J connectivity index is 1.34. The van der Waals surface area contributed by atoms with Crippen LogP contribution in [0.5, 0.6) is 0 Å². The molecule has 0 heterocycles. The second-order valence-corrected chi connectivity index (χ2v) is 9.37. The molecule has 1 atom stereocenters. The van der Waals surface area contributed by atoms with Crippen molar-refractivity contribution in [3.63, 3.8) is 0 Å². The number of carbonyl (C=O) groups excluding carboxylic acids is 2. The molecule has 2 aromatic carbocycles. The van der Waals surface area contributed by atoms with Gasteiger partial charge >= 0.3 is 12.1 Å². The SMILES string of the molecule is O=C(O)CCC(NC(=O)OCC1c2ccccc2-c2ccccc21)C(=O)NCC1CCC(O)CC1. The molecule has 0 radical (unpaired) electrons. The molecule has 0 spiro atoms. The maximum absolute atomic E-state index is 12.8. The van der Waals surface area contributed by atoms with Crippen LogP contribution in [0, 0.1) is 5.92 Å². The molecule has 2 aliphatic carbocycles. The molecule has 0 saturated heterocycles. The second kappa shape index (κ2) is 11.4. The van der Waals surface area contributed by atoms with Gasteiger partial charge in [-0.05, 0) is 60.3 Å². The molecule has 0 bridgehead atoms. The number of carbonyl (C=O) groups is 3. The third-order valence-electron chi connectivity index (χ3n) is 6.98. The molecule has 4 rings (SSSR count). The summed E-state index contributed by atoms with van der Waals surface area (Å²) < 4.78 is 5.53. The van der Waals surface area contributed by atoms with Crippen LogP contribution in [-0.4, -0.2) is 53.5 Å². The Morgan fingerprint density at radius 2 is 1.54 bits per heavy atom. The predicted molar refractivity (Wildman–Crippen MR) is 130 cm³/mol. The molecule has 2 amide bonds. The standard InChI is InChI=1S/C27H32N2O6/c30-18-11-9-17(10-12-18)15-28-26(33)24(13-14-25(31)32)29-27(34)35-16-23-21-7-3-1-5-19(21)20-6-2-4-8-22(20)23/h1-8,17-18,23-24,30H,9-16H2,(H,28,33)(H,29,34)(H,31,32). The largest absolute Gasteiger partial charge is 0.481 e. The Morgan fingerprint density at radius 3 is 2.14 bits per heavy atom. The number of benzene rings is 2. The number of carboxylic acids is 1. The Labute approximate surface area is 204 Å². The molecule has 0 aliphatic heterocycles. The van der Waals surface area contributed by atoms with Gasteiger partial charge in [-0.15, -0.1) is 0 Å². The average Bonchev–Trinajstić information content (AvgIpc) is 3.18. The van der Waals surface area contributed by atoms with Crippen molar-refractivity contribution in [1.82, 2.24) is 10.6 Å². The Hall–Kier alpha value is -3.39. The molecule has 0 aromatic heterocycles. The number of hydrogen-bond acceptors (Lipinski definition) is 5. The zero-order valence-corrected chi connectivity index (χ0v) is 19.6. The summed E-state index contributed by atoms with van der Waals surface area (Å²) in [5.74, 6) is -1.32. The maximum Gasteiger partial charge on any atom is 0.407 e. The number of fused-ring (bicyclic) bond motifs is 3. The minimum absolute atomic E-state index is 0.0330. The van der Waals surface area contributed by atoms with Crippen LogP contribution in [0.25, 0.3) is 11.1 Å². The number of aliphatic carboxylic acids is 1. The van der Waals surface area contributed by atoms with E-state index in [0.717, 1.165) is 35.1 Å². The highest BCUT2D eigenvalue weighted by molar-refractivity contribution is 5.86. The first-order chi connectivity index (χ1) is 16.9. The van der Waals surface area contributed by atoms with Crippen molar-refractivity contribution < 1.29 is 29.3 Å². The number of alkyl carbamates (subject to hydrolysis) is 1. The van der Waals surface area contributed by atoms with Crippen molar-refractivity contribution in [2.75, 3.05) is 13.2 Å². The number of carboxylic acid groups (broad SMARTS) is 1. The van der Waals surface area contributed by atoms with Crippen molar-refractivity contribution in [3.8, 4) is 11.1 Å². The van der Waals surface area contributed by atoms with Crippen LogP contribution < -0.4 is 10.6 Å². The van der Waals surface area contributed by atoms with Gasteiger partial charge in [0, 0.05) is 18.9 Å². The van der Waals surface area contributed by atoms with E-state index in [9.17, 15) is 19.5 Å². The van der Waals surface area contributed by atoms with Crippen LogP contribution in [0.4, 0.5) is 4.79 Å². The molecular formula is C27H32N2O6. The van der Waals surface area contributed by atoms with E-state index in [0.29, 0.717) is 19.4 Å². The summed E-state index contributed by atoms with van der Waals surface area (Å²) in [6, 6.07) is 15.0. The molecule has 35 heavy (non-hydrogen) atoms. The number of rotatable bonds is 9. The molecule has 1 saturated carbocycles. The van der Waals surface area contributed by atoms with Crippen molar-refractivity contribution in [3.05, 3.63) is 59.7 Å². The number of hydrogen-bond donors (Lipinski definition) is 4. The predicted octanol–water partition coefficient (Wildman–Crippen LogP) is 3.43. The van der Waals surface area contributed by atoms with E-state index in [1.165, 1.54) is 0 Å². The van der Waals surface area contributed by atoms with E-state index in [4.69, 9.17) is 9.84 Å². The lowest BCUT2D eigenvalue weighted by Crippen LogP contribution is -2.48. The van der Waals surface area contributed by atoms with Crippen molar-refractivity contribution in [2.24, 2.45) is 5.92 Å². The average molecular weight is 481 g/mol. The van der Waals surface area contributed by atoms with Crippen LogP contribution >= 0.6 is 0 Å². The first kappa shape index (κ1) is 24.7. The molecule has 4 N–H and O–H groups in total. The van der Waals surface area contributed by atoms with Gasteiger partial charge in [0.05, 0.1) is 6.10 Å². The molecule has 186 valence electrons. The van der Waals surface area contributed by atoms with Gasteiger partial charge in [-0.3, -0.25) is 9.59 Å². The van der Waals surface area contributed by atoms with Crippen molar-refractivity contribution in [2.45, 2.75) is 56.6 Å². The van der Waals surface area contributed by atoms with Gasteiger partial charge in [-0.2, -0.15) is 0 Å². The van der Waals surface area contributed by atoms with E-state index in [2.05, 4.69) is 10.6 Å². The number of nitrogens with one attached hydrogen (secondary N) is 2. The van der Waals surface area contributed by atoms with Crippen molar-refractivity contribution in [1.29, 1.82) is 0 Å². The highest BCUT2D eigenvalue weighted by atomic mass is 16.5. The summed E-state index contributed by atoms with van der Waals surface area (Å²) in [6.07, 6.45) is 1.74. The minimum Gasteiger partial charge on any atom is -0.481 e. The van der Waals surface area contributed by atoms with Gasteiger partial charge in [0.15, 0.2) is 0 Å². The summed E-state index contributed by atoms with van der Waals surface area (Å²) in [5.41, 5.74) is 4.40. The zero-order chi connectivity index (χ0) is 24.8. The van der Waals surface area contributed by atoms with E-state index in [1.54, 1.807) is 0 Å². The van der Waals surface area contributed by atoms with Crippen LogP contribution in [0.2, 0.25) is 0 Å². The van der Waals surface area contributed by atoms with Gasteiger partial charge in [-0.1, -0.05) is 48.5 Å². The van der Waals surface area contributed by atoms with Crippen LogP contribution in [-0.2, 0) is 14.3 Å². The first-order valence-corrected chi connectivity index (χ1v) is 12.2. The van der Waals surface area contributed by atoms with E-state index in [-0.39, 0.29) is 37.4 Å². The van der Waals surface area contributed by atoms with Gasteiger partial charge in [-0.25, -0.2) is 4.79 Å². The number of amides is 2. The van der Waals surface area contributed by atoms with Crippen LogP contribution in [0.15, 0.2) is 48.5 Å². The smallest absolute Gasteiger partial charge is 0.407 e. The summed E-state index contributed by atoms with van der Waals surface area (Å²) in [7, 11) is 0. The fourth-order valence-electron chi connectivity index (χ4n) is 5.04. The highest BCUT2D eigenvalue weighted by Crippen LogP contribution is 2.44. The van der Waals surface area contributed by atoms with Gasteiger partial charge < -0.3 is 25.6 Å². The molecular weight excluding hydrogens is 448 g/mol. The fraction of sp³-hybridized carbons (Fsp3) is 0.444. The lowest BCUT2D eigenvalue weighted by molar-refractivity contribution is -0.137. The number of aliphatic hydroxyl groups excluding tert-OH is 1. The fourth-order valence-corrected chi connectivity index (χ4v) is 5.04. The van der Waals surface area contributed by atoms with Gasteiger partial charge in [0.2, 0.25) is 5.91 Å². The summed E-state index contributed by atoms with van der Waals surface area (Å²) >= 11 is 0. The first-order valence-electron chi connectivity index (χ1n) is 12.2. The highest BCUT2D eigenvalue weighted by Gasteiger charge is 2.30. The molecule has 2 aliphatic rings. The van der Waals surface area contributed by atoms with E-state index < -0.39 is 24.0 Å². The molecule has 1 unspecified atom stereocenters. The Morgan fingerprint density at radius 1 is 0.943 bits per heavy atom. The molecule has 8 nitrogen and oxygen atoms in total. The van der Waals surface area contributed by atoms with Gasteiger partial charge in [0.1, 0.15) is 12.6 Å². The normalized spacial score (nSPS) is 19.8. The molecule has 8 heteroatoms. The maximum atomic E-state index is 12.8. The van der Waals surface area contributed by atoms with Gasteiger partial charge in [0.25, 0.3) is 0 Å². The number of aliphatic hydroxyl groups is 1. The molecule has 2 aromatic rings. The van der Waals surface area contributed by atoms with Crippen LogP contribution in [0.1, 0.15) is 55.6 Å². The lowest BCUT2D eigenvalue weighted by Gasteiger charge is -2.26. The summed E-state index contributed by atoms with van der Waals surface area (Å²) in [5, 5.41) is 24.1. The molecule has 1 fully saturated rings. The quantitative estimate of drug-likeness (QED) is 0.436. The number of ether oxygens (including phenoxy) is 1. The summed E-state index contributed by atoms with van der Waals surface area (Å²) in [4.78, 5) is 36.5. The third kappa shape index (κ3) is 6.19. The Kier molecular flexibility index (Phi) is 8.02. The zero-order valence-electron chi connectivity index (χ0n) is 19.6. The second-order valence-electron chi connectivity index (χ2n) is 9.37. The van der Waals surface area contributed by atoms with Crippen LogP contribution in [0.3, 0.4) is 0 Å².